The molecule has 0 aromatic heterocycles. The molecule has 0 aliphatic rings. The number of nitrogens with two attached hydrogens (primary N) is 2. The molecule has 0 saturated heterocycles. The Kier molecular flexibility index (Phi) is 7.94. The summed E-state index contributed by atoms with van der Waals surface area (Å²) >= 11 is 1.29. The molecule has 20 heavy (non-hydrogen) atoms. The van der Waals surface area contributed by atoms with Gasteiger partial charge < -0.3 is 16.8 Å². The van der Waals surface area contributed by atoms with E-state index in [9.17, 15) is 9.59 Å². The van der Waals surface area contributed by atoms with Gasteiger partial charge >= 0.3 is 0 Å². The van der Waals surface area contributed by atoms with E-state index in [4.69, 9.17) is 11.5 Å². The summed E-state index contributed by atoms with van der Waals surface area (Å²) in [7, 11) is 0. The lowest BCUT2D eigenvalue weighted by atomic mass is 10.1. The highest BCUT2D eigenvalue weighted by molar-refractivity contribution is 8.12. The molecular weight excluding hydrogens is 274 g/mol. The summed E-state index contributed by atoms with van der Waals surface area (Å²) in [6, 6.07) is 7.24. The van der Waals surface area contributed by atoms with Gasteiger partial charge in [-0.2, -0.15) is 0 Å². The van der Waals surface area contributed by atoms with E-state index in [2.05, 4.69) is 5.32 Å². The zero-order chi connectivity index (χ0) is 14.8. The van der Waals surface area contributed by atoms with Crippen LogP contribution < -0.4 is 16.8 Å². The zero-order valence-electron chi connectivity index (χ0n) is 11.4. The molecule has 0 unspecified atom stereocenters. The highest BCUT2D eigenvalue weighted by Gasteiger charge is 2.06. The molecule has 1 aromatic rings. The molecular formula is C14H21N3O2S. The summed E-state index contributed by atoms with van der Waals surface area (Å²) in [5.74, 6) is 0.488. The molecule has 1 aromatic carbocycles. The number of rotatable bonds is 8. The quantitative estimate of drug-likeness (QED) is 0.661. The van der Waals surface area contributed by atoms with Gasteiger partial charge in [0.05, 0.1) is 0 Å². The topological polar surface area (TPSA) is 98.2 Å². The summed E-state index contributed by atoms with van der Waals surface area (Å²) < 4.78 is 0. The van der Waals surface area contributed by atoms with E-state index in [1.807, 2.05) is 12.1 Å². The molecule has 0 fully saturated rings. The van der Waals surface area contributed by atoms with Crippen LogP contribution in [0.2, 0.25) is 0 Å². The zero-order valence-corrected chi connectivity index (χ0v) is 12.2. The van der Waals surface area contributed by atoms with Gasteiger partial charge in [0.25, 0.3) is 5.91 Å². The van der Waals surface area contributed by atoms with Crippen LogP contribution in [0.1, 0.15) is 28.8 Å². The van der Waals surface area contributed by atoms with Gasteiger partial charge in [-0.15, -0.1) is 0 Å². The van der Waals surface area contributed by atoms with Crippen molar-refractivity contribution in [1.82, 2.24) is 5.32 Å². The molecule has 0 aliphatic heterocycles. The van der Waals surface area contributed by atoms with Gasteiger partial charge in [-0.3, -0.25) is 9.59 Å². The second-order valence-corrected chi connectivity index (χ2v) is 5.33. The van der Waals surface area contributed by atoms with Crippen LogP contribution in [0.3, 0.4) is 0 Å². The van der Waals surface area contributed by atoms with Gasteiger partial charge in [-0.05, 0) is 30.7 Å². The molecule has 0 aliphatic carbocycles. The summed E-state index contributed by atoms with van der Waals surface area (Å²) in [4.78, 5) is 23.2. The van der Waals surface area contributed by atoms with Crippen LogP contribution in [-0.2, 0) is 10.5 Å². The number of hydrogen-bond donors (Lipinski definition) is 3. The fourth-order valence-electron chi connectivity index (χ4n) is 1.52. The molecule has 110 valence electrons. The highest BCUT2D eigenvalue weighted by atomic mass is 32.2. The molecule has 0 heterocycles. The second kappa shape index (κ2) is 9.52. The van der Waals surface area contributed by atoms with Crippen molar-refractivity contribution in [2.45, 2.75) is 18.6 Å². The van der Waals surface area contributed by atoms with Crippen molar-refractivity contribution >= 4 is 22.8 Å². The number of carbonyl (C=O) groups excluding carboxylic acids is 2. The summed E-state index contributed by atoms with van der Waals surface area (Å²) in [6.45, 7) is 1.43. The Bertz CT molecular complexity index is 435. The first kappa shape index (κ1) is 16.7. The number of thioether (sulfide) groups is 1. The van der Waals surface area contributed by atoms with Gasteiger partial charge in [0, 0.05) is 30.8 Å². The van der Waals surface area contributed by atoms with Crippen LogP contribution in [0.4, 0.5) is 0 Å². The average molecular weight is 295 g/mol. The summed E-state index contributed by atoms with van der Waals surface area (Å²) in [5, 5.41) is 2.86. The number of carbonyl (C=O) groups is 2. The van der Waals surface area contributed by atoms with Crippen molar-refractivity contribution in [1.29, 1.82) is 0 Å². The minimum Gasteiger partial charge on any atom is -0.351 e. The van der Waals surface area contributed by atoms with Crippen LogP contribution in [0.25, 0.3) is 0 Å². The number of benzene rings is 1. The minimum absolute atomic E-state index is 0.131. The first-order valence-corrected chi connectivity index (χ1v) is 7.59. The smallest absolute Gasteiger partial charge is 0.251 e. The van der Waals surface area contributed by atoms with Crippen LogP contribution in [0.5, 0.6) is 0 Å². The largest absolute Gasteiger partial charge is 0.351 e. The van der Waals surface area contributed by atoms with Crippen LogP contribution in [0.15, 0.2) is 24.3 Å². The number of hydrogen-bond acceptors (Lipinski definition) is 5. The van der Waals surface area contributed by atoms with Crippen molar-refractivity contribution in [3.63, 3.8) is 0 Å². The Labute approximate surface area is 123 Å². The highest BCUT2D eigenvalue weighted by Crippen LogP contribution is 2.16. The van der Waals surface area contributed by atoms with Crippen molar-refractivity contribution in [2.24, 2.45) is 11.5 Å². The van der Waals surface area contributed by atoms with Crippen LogP contribution in [0, 0.1) is 0 Å². The van der Waals surface area contributed by atoms with E-state index < -0.39 is 0 Å². The SMILES string of the molecule is NCCCC(=O)SCc1ccc(C(=O)NCCN)cc1. The molecule has 1 rings (SSSR count). The Hall–Kier alpha value is -1.37. The van der Waals surface area contributed by atoms with Crippen molar-refractivity contribution in [3.8, 4) is 0 Å². The average Bonchev–Trinajstić information content (AvgIpc) is 2.49. The molecule has 0 saturated carbocycles. The normalized spacial score (nSPS) is 10.3. The van der Waals surface area contributed by atoms with Crippen molar-refractivity contribution < 1.29 is 9.59 Å². The Morgan fingerprint density at radius 1 is 1.10 bits per heavy atom. The standard InChI is InChI=1S/C14H21N3O2S/c15-7-1-2-13(18)20-10-11-3-5-12(6-4-11)14(19)17-9-8-16/h3-6H,1-2,7-10,15-16H2,(H,17,19). The van der Waals surface area contributed by atoms with Gasteiger partial charge in [-0.1, -0.05) is 23.9 Å². The lowest BCUT2D eigenvalue weighted by Gasteiger charge is -2.05. The summed E-state index contributed by atoms with van der Waals surface area (Å²) in [6.07, 6.45) is 1.24. The first-order chi connectivity index (χ1) is 9.67. The van der Waals surface area contributed by atoms with E-state index >= 15 is 0 Å². The molecule has 0 atom stereocenters. The maximum atomic E-state index is 11.7. The maximum Gasteiger partial charge on any atom is 0.251 e. The molecule has 1 amide bonds. The van der Waals surface area contributed by atoms with E-state index in [1.54, 1.807) is 12.1 Å². The maximum absolute atomic E-state index is 11.7. The van der Waals surface area contributed by atoms with Gasteiger partial charge in [0.1, 0.15) is 0 Å². The first-order valence-electron chi connectivity index (χ1n) is 6.60. The third-order valence-corrected chi connectivity index (χ3v) is 3.63. The van der Waals surface area contributed by atoms with Gasteiger partial charge in [0.15, 0.2) is 5.12 Å². The summed E-state index contributed by atoms with van der Waals surface area (Å²) in [5.41, 5.74) is 12.3. The van der Waals surface area contributed by atoms with Gasteiger partial charge in [-0.25, -0.2) is 0 Å². The lowest BCUT2D eigenvalue weighted by Crippen LogP contribution is -2.28. The van der Waals surface area contributed by atoms with Gasteiger partial charge in [0.2, 0.25) is 0 Å². The third-order valence-electron chi connectivity index (χ3n) is 2.63. The fourth-order valence-corrected chi connectivity index (χ4v) is 2.33. The predicted molar refractivity (Wildman–Crippen MR) is 82.4 cm³/mol. The van der Waals surface area contributed by atoms with Crippen molar-refractivity contribution in [3.05, 3.63) is 35.4 Å². The van der Waals surface area contributed by atoms with Crippen molar-refractivity contribution in [2.75, 3.05) is 19.6 Å². The molecule has 5 nitrogen and oxygen atoms in total. The second-order valence-electron chi connectivity index (χ2n) is 4.29. The molecule has 0 radical (unpaired) electrons. The number of nitrogens with one attached hydrogen (secondary N) is 1. The fraction of sp³-hybridized carbons (Fsp3) is 0.429. The Balaban J connectivity index is 2.42. The monoisotopic (exact) mass is 295 g/mol. The van der Waals surface area contributed by atoms with Crippen LogP contribution in [-0.4, -0.2) is 30.7 Å². The third kappa shape index (κ3) is 6.18. The van der Waals surface area contributed by atoms with E-state index in [0.29, 0.717) is 37.4 Å². The molecule has 0 bridgehead atoms. The molecule has 6 heteroatoms. The van der Waals surface area contributed by atoms with Crippen LogP contribution >= 0.6 is 11.8 Å². The minimum atomic E-state index is -0.131. The molecule has 5 N–H and O–H groups in total. The van der Waals surface area contributed by atoms with E-state index in [-0.39, 0.29) is 11.0 Å². The lowest BCUT2D eigenvalue weighted by molar-refractivity contribution is -0.111. The number of amides is 1. The predicted octanol–water partition coefficient (Wildman–Crippen LogP) is 0.874. The van der Waals surface area contributed by atoms with E-state index in [1.165, 1.54) is 11.8 Å². The Morgan fingerprint density at radius 2 is 1.80 bits per heavy atom. The molecule has 0 spiro atoms. The van der Waals surface area contributed by atoms with E-state index in [0.717, 1.165) is 12.0 Å². The Morgan fingerprint density at radius 3 is 2.40 bits per heavy atom.